The van der Waals surface area contributed by atoms with Gasteiger partial charge >= 0.3 is 0 Å². The fourth-order valence-electron chi connectivity index (χ4n) is 1.01. The van der Waals surface area contributed by atoms with Crippen LogP contribution in [0.4, 0.5) is 0 Å². The Morgan fingerprint density at radius 3 is 2.86 bits per heavy atom. The number of halogens is 1. The summed E-state index contributed by atoms with van der Waals surface area (Å²) >= 11 is 3.13. The van der Waals surface area contributed by atoms with Crippen LogP contribution in [-0.4, -0.2) is 30.6 Å². The van der Waals surface area contributed by atoms with Crippen LogP contribution in [0.3, 0.4) is 0 Å². The van der Waals surface area contributed by atoms with Crippen LogP contribution in [0.5, 0.6) is 0 Å². The number of aromatic nitrogens is 4. The van der Waals surface area contributed by atoms with Crippen LogP contribution in [-0.2, 0) is 10.8 Å². The number of hydrogen-bond donors (Lipinski definition) is 2. The van der Waals surface area contributed by atoms with Crippen molar-refractivity contribution in [3.05, 3.63) is 15.0 Å². The van der Waals surface area contributed by atoms with Gasteiger partial charge in [-0.15, -0.1) is 0 Å². The fraction of sp³-hybridized carbons (Fsp3) is 0.167. The van der Waals surface area contributed by atoms with E-state index < -0.39 is 10.8 Å². The number of nitrogens with one attached hydrogen (secondary N) is 2. The summed E-state index contributed by atoms with van der Waals surface area (Å²) in [6.45, 7) is 0. The smallest absolute Gasteiger partial charge is 0.263 e. The minimum absolute atomic E-state index is 0.126. The van der Waals surface area contributed by atoms with Crippen molar-refractivity contribution in [2.24, 2.45) is 0 Å². The topological polar surface area (TPSA) is 91.5 Å². The molecule has 0 aliphatic rings. The Kier molecular flexibility index (Phi) is 2.23. The van der Waals surface area contributed by atoms with Crippen molar-refractivity contribution in [3.8, 4) is 0 Å². The molecule has 0 radical (unpaired) electrons. The van der Waals surface area contributed by atoms with Crippen molar-refractivity contribution in [2.75, 3.05) is 6.26 Å². The van der Waals surface area contributed by atoms with Gasteiger partial charge in [-0.1, -0.05) is 0 Å². The second-order valence-corrected chi connectivity index (χ2v) is 4.65. The highest BCUT2D eigenvalue weighted by Crippen LogP contribution is 2.14. The van der Waals surface area contributed by atoms with Gasteiger partial charge in [0.2, 0.25) is 5.16 Å². The van der Waals surface area contributed by atoms with E-state index in [9.17, 15) is 9.00 Å². The van der Waals surface area contributed by atoms with Crippen LogP contribution >= 0.6 is 15.9 Å². The van der Waals surface area contributed by atoms with Gasteiger partial charge in [-0.25, -0.2) is 0 Å². The van der Waals surface area contributed by atoms with Gasteiger partial charge in [0.1, 0.15) is 9.99 Å². The molecule has 2 rings (SSSR count). The second-order valence-electron chi connectivity index (χ2n) is 2.56. The SMILES string of the molecule is C[S@@](=O)c1nc2n[nH]c(Br)c2c(=O)[nH]1. The van der Waals surface area contributed by atoms with E-state index in [0.717, 1.165) is 0 Å². The average Bonchev–Trinajstić information content (AvgIpc) is 2.48. The molecular formula is C6H5BrN4O2S. The summed E-state index contributed by atoms with van der Waals surface area (Å²) in [5.74, 6) is 0. The van der Waals surface area contributed by atoms with E-state index in [1.54, 1.807) is 0 Å². The molecule has 8 heteroatoms. The lowest BCUT2D eigenvalue weighted by atomic mass is 10.4. The predicted octanol–water partition coefficient (Wildman–Crippen LogP) is 0.146. The van der Waals surface area contributed by atoms with Gasteiger partial charge in [-0.05, 0) is 15.9 Å². The third-order valence-electron chi connectivity index (χ3n) is 1.63. The standard InChI is InChI=1S/C6H5BrN4O2S/c1-14(13)6-8-4-2(5(12)9-6)3(7)10-11-4/h1H3,(H2,8,9,10,11,12)/t14-/m1/s1. The molecule has 74 valence electrons. The Morgan fingerprint density at radius 2 is 2.21 bits per heavy atom. The van der Waals surface area contributed by atoms with Gasteiger partial charge in [-0.3, -0.25) is 19.1 Å². The first-order valence-electron chi connectivity index (χ1n) is 3.57. The van der Waals surface area contributed by atoms with Crippen molar-refractivity contribution < 1.29 is 4.21 Å². The Balaban J connectivity index is 2.87. The summed E-state index contributed by atoms with van der Waals surface area (Å²) in [4.78, 5) is 17.8. The first kappa shape index (κ1) is 9.53. The molecule has 0 saturated heterocycles. The lowest BCUT2D eigenvalue weighted by molar-refractivity contribution is 0.679. The molecule has 0 fully saturated rings. The molecule has 0 aliphatic carbocycles. The minimum atomic E-state index is -1.32. The molecule has 6 nitrogen and oxygen atoms in total. The van der Waals surface area contributed by atoms with E-state index in [1.807, 2.05) is 0 Å². The van der Waals surface area contributed by atoms with E-state index in [1.165, 1.54) is 6.26 Å². The summed E-state index contributed by atoms with van der Waals surface area (Å²) in [6, 6.07) is 0. The third-order valence-corrected chi connectivity index (χ3v) is 2.94. The van der Waals surface area contributed by atoms with Crippen LogP contribution in [0.15, 0.2) is 14.6 Å². The quantitative estimate of drug-likeness (QED) is 0.725. The third kappa shape index (κ3) is 1.40. The highest BCUT2D eigenvalue weighted by molar-refractivity contribution is 9.10. The molecule has 1 atom stereocenters. The summed E-state index contributed by atoms with van der Waals surface area (Å²) in [5.41, 5.74) is -0.105. The van der Waals surface area contributed by atoms with Gasteiger partial charge in [0.05, 0.1) is 10.8 Å². The molecule has 2 aromatic heterocycles. The fourth-order valence-corrected chi connectivity index (χ4v) is 1.91. The molecule has 0 spiro atoms. The zero-order valence-electron chi connectivity index (χ0n) is 7.00. The molecule has 0 amide bonds. The molecule has 2 heterocycles. The molecule has 0 bridgehead atoms. The monoisotopic (exact) mass is 276 g/mol. The number of H-pyrrole nitrogens is 2. The minimum Gasteiger partial charge on any atom is -0.299 e. The normalized spacial score (nSPS) is 13.3. The first-order chi connectivity index (χ1) is 6.59. The number of fused-ring (bicyclic) bond motifs is 1. The Labute approximate surface area is 88.7 Å². The van der Waals surface area contributed by atoms with Crippen molar-refractivity contribution in [2.45, 2.75) is 5.16 Å². The Hall–Kier alpha value is -1.02. The van der Waals surface area contributed by atoms with Crippen LogP contribution in [0.1, 0.15) is 0 Å². The van der Waals surface area contributed by atoms with Crippen molar-refractivity contribution in [1.82, 2.24) is 20.2 Å². The molecule has 0 saturated carbocycles. The van der Waals surface area contributed by atoms with Crippen LogP contribution < -0.4 is 5.56 Å². The Morgan fingerprint density at radius 1 is 1.50 bits per heavy atom. The highest BCUT2D eigenvalue weighted by atomic mass is 79.9. The average molecular weight is 277 g/mol. The summed E-state index contributed by atoms with van der Waals surface area (Å²) in [5, 5.41) is 6.81. The molecule has 0 aromatic carbocycles. The van der Waals surface area contributed by atoms with Gasteiger partial charge in [0, 0.05) is 6.26 Å². The molecule has 0 aliphatic heterocycles. The van der Waals surface area contributed by atoms with Gasteiger partial charge in [0.25, 0.3) is 5.56 Å². The second kappa shape index (κ2) is 3.28. The summed E-state index contributed by atoms with van der Waals surface area (Å²) in [7, 11) is -1.32. The lowest BCUT2D eigenvalue weighted by Gasteiger charge is -1.93. The van der Waals surface area contributed by atoms with Crippen molar-refractivity contribution >= 4 is 37.8 Å². The first-order valence-corrected chi connectivity index (χ1v) is 5.92. The van der Waals surface area contributed by atoms with Gasteiger partial charge in [-0.2, -0.15) is 10.1 Å². The van der Waals surface area contributed by atoms with Crippen LogP contribution in [0, 0.1) is 0 Å². The predicted molar refractivity (Wildman–Crippen MR) is 54.5 cm³/mol. The van der Waals surface area contributed by atoms with Gasteiger partial charge in [0.15, 0.2) is 5.65 Å². The zero-order chi connectivity index (χ0) is 10.3. The number of aromatic amines is 2. The molecule has 2 aromatic rings. The van der Waals surface area contributed by atoms with Crippen LogP contribution in [0.25, 0.3) is 11.0 Å². The molecule has 14 heavy (non-hydrogen) atoms. The maximum Gasteiger partial charge on any atom is 0.263 e. The molecule has 2 N–H and O–H groups in total. The van der Waals surface area contributed by atoms with Crippen molar-refractivity contribution in [1.29, 1.82) is 0 Å². The van der Waals surface area contributed by atoms with E-state index >= 15 is 0 Å². The number of hydrogen-bond acceptors (Lipinski definition) is 4. The molecular weight excluding hydrogens is 272 g/mol. The highest BCUT2D eigenvalue weighted by Gasteiger charge is 2.11. The van der Waals surface area contributed by atoms with E-state index in [4.69, 9.17) is 0 Å². The molecule has 0 unspecified atom stereocenters. The number of nitrogens with zero attached hydrogens (tertiary/aromatic N) is 2. The van der Waals surface area contributed by atoms with E-state index in [0.29, 0.717) is 9.99 Å². The van der Waals surface area contributed by atoms with Gasteiger partial charge < -0.3 is 0 Å². The number of rotatable bonds is 1. The largest absolute Gasteiger partial charge is 0.299 e. The lowest BCUT2D eigenvalue weighted by Crippen LogP contribution is -2.11. The Bertz CT molecular complexity index is 575. The van der Waals surface area contributed by atoms with Crippen molar-refractivity contribution in [3.63, 3.8) is 0 Å². The summed E-state index contributed by atoms with van der Waals surface area (Å²) in [6.07, 6.45) is 1.44. The zero-order valence-corrected chi connectivity index (χ0v) is 9.40. The maximum atomic E-state index is 11.5. The van der Waals surface area contributed by atoms with E-state index in [-0.39, 0.29) is 16.4 Å². The van der Waals surface area contributed by atoms with Crippen LogP contribution in [0.2, 0.25) is 0 Å². The maximum absolute atomic E-state index is 11.5. The van der Waals surface area contributed by atoms with E-state index in [2.05, 4.69) is 36.1 Å². The summed E-state index contributed by atoms with van der Waals surface area (Å²) < 4.78 is 11.5.